The van der Waals surface area contributed by atoms with Crippen molar-refractivity contribution in [2.24, 2.45) is 0 Å². The Morgan fingerprint density at radius 1 is 1.15 bits per heavy atom. The third kappa shape index (κ3) is 3.69. The predicted octanol–water partition coefficient (Wildman–Crippen LogP) is 4.29. The molecule has 0 aliphatic heterocycles. The second-order valence-electron chi connectivity index (χ2n) is 6.33. The fourth-order valence-electron chi connectivity index (χ4n) is 3.04. The molecular formula is C22H24N2O2. The maximum atomic E-state index is 11.9. The number of amides is 1. The molecule has 134 valence electrons. The van der Waals surface area contributed by atoms with Crippen molar-refractivity contribution >= 4 is 16.8 Å². The molecule has 0 bridgehead atoms. The first-order valence-corrected chi connectivity index (χ1v) is 8.96. The SMILES string of the molecule is CCCOc1ccccc1-c1cc(C)c2cccc(CC(=O)NC)c2n1. The summed E-state index contributed by atoms with van der Waals surface area (Å²) in [6.45, 7) is 4.84. The van der Waals surface area contributed by atoms with Crippen molar-refractivity contribution < 1.29 is 9.53 Å². The molecule has 0 aliphatic carbocycles. The average molecular weight is 348 g/mol. The van der Waals surface area contributed by atoms with Gasteiger partial charge in [-0.3, -0.25) is 4.79 Å². The summed E-state index contributed by atoms with van der Waals surface area (Å²) in [5.41, 5.74) is 4.77. The topological polar surface area (TPSA) is 51.2 Å². The molecule has 4 nitrogen and oxygen atoms in total. The minimum atomic E-state index is -0.0194. The number of aromatic nitrogens is 1. The smallest absolute Gasteiger partial charge is 0.224 e. The van der Waals surface area contributed by atoms with Gasteiger partial charge in [0.15, 0.2) is 0 Å². The van der Waals surface area contributed by atoms with E-state index < -0.39 is 0 Å². The summed E-state index contributed by atoms with van der Waals surface area (Å²) in [5.74, 6) is 0.818. The Kier molecular flexibility index (Phi) is 5.52. The van der Waals surface area contributed by atoms with Crippen LogP contribution in [0.4, 0.5) is 0 Å². The summed E-state index contributed by atoms with van der Waals surface area (Å²) < 4.78 is 5.90. The van der Waals surface area contributed by atoms with Gasteiger partial charge in [-0.1, -0.05) is 37.3 Å². The van der Waals surface area contributed by atoms with Gasteiger partial charge in [-0.15, -0.1) is 0 Å². The van der Waals surface area contributed by atoms with Crippen molar-refractivity contribution in [3.05, 3.63) is 59.7 Å². The molecule has 1 aromatic heterocycles. The van der Waals surface area contributed by atoms with E-state index in [0.717, 1.165) is 45.5 Å². The van der Waals surface area contributed by atoms with E-state index in [1.165, 1.54) is 0 Å². The van der Waals surface area contributed by atoms with Crippen LogP contribution in [0.3, 0.4) is 0 Å². The fraction of sp³-hybridized carbons (Fsp3) is 0.273. The van der Waals surface area contributed by atoms with Crippen LogP contribution in [0, 0.1) is 6.92 Å². The van der Waals surface area contributed by atoms with E-state index in [9.17, 15) is 4.79 Å². The van der Waals surface area contributed by atoms with Crippen LogP contribution in [0.1, 0.15) is 24.5 Å². The lowest BCUT2D eigenvalue weighted by Gasteiger charge is -2.13. The molecule has 26 heavy (non-hydrogen) atoms. The van der Waals surface area contributed by atoms with Crippen molar-refractivity contribution in [1.82, 2.24) is 10.3 Å². The van der Waals surface area contributed by atoms with Crippen LogP contribution >= 0.6 is 0 Å². The highest BCUT2D eigenvalue weighted by Gasteiger charge is 2.13. The molecule has 1 heterocycles. The van der Waals surface area contributed by atoms with Crippen molar-refractivity contribution in [3.8, 4) is 17.0 Å². The molecule has 0 radical (unpaired) electrons. The first kappa shape index (κ1) is 17.9. The van der Waals surface area contributed by atoms with Crippen molar-refractivity contribution in [2.75, 3.05) is 13.7 Å². The maximum Gasteiger partial charge on any atom is 0.224 e. The highest BCUT2D eigenvalue weighted by molar-refractivity contribution is 5.91. The molecule has 1 amide bonds. The number of fused-ring (bicyclic) bond motifs is 1. The van der Waals surface area contributed by atoms with Crippen molar-refractivity contribution in [3.63, 3.8) is 0 Å². The molecule has 4 heteroatoms. The Bertz CT molecular complexity index is 935. The van der Waals surface area contributed by atoms with Gasteiger partial charge in [0.1, 0.15) is 5.75 Å². The minimum absolute atomic E-state index is 0.0194. The van der Waals surface area contributed by atoms with Gasteiger partial charge in [-0.2, -0.15) is 0 Å². The zero-order valence-corrected chi connectivity index (χ0v) is 15.5. The molecule has 3 aromatic rings. The third-order valence-corrected chi connectivity index (χ3v) is 4.38. The zero-order chi connectivity index (χ0) is 18.5. The molecule has 0 saturated carbocycles. The van der Waals surface area contributed by atoms with Gasteiger partial charge in [-0.25, -0.2) is 4.98 Å². The van der Waals surface area contributed by atoms with Crippen LogP contribution in [0.5, 0.6) is 5.75 Å². The van der Waals surface area contributed by atoms with Gasteiger partial charge < -0.3 is 10.1 Å². The number of ether oxygens (including phenoxy) is 1. The molecule has 3 rings (SSSR count). The largest absolute Gasteiger partial charge is 0.493 e. The van der Waals surface area contributed by atoms with Gasteiger partial charge in [0.25, 0.3) is 0 Å². The molecule has 0 spiro atoms. The van der Waals surface area contributed by atoms with Crippen LogP contribution in [0.2, 0.25) is 0 Å². The molecule has 0 aliphatic rings. The number of para-hydroxylation sites is 2. The van der Waals surface area contributed by atoms with Gasteiger partial charge in [0, 0.05) is 18.0 Å². The van der Waals surface area contributed by atoms with E-state index in [1.54, 1.807) is 7.05 Å². The van der Waals surface area contributed by atoms with Crippen LogP contribution in [0.15, 0.2) is 48.5 Å². The van der Waals surface area contributed by atoms with Crippen LogP contribution in [0.25, 0.3) is 22.2 Å². The fourth-order valence-corrected chi connectivity index (χ4v) is 3.04. The van der Waals surface area contributed by atoms with E-state index in [1.807, 2.05) is 42.5 Å². The monoisotopic (exact) mass is 348 g/mol. The van der Waals surface area contributed by atoms with Crippen molar-refractivity contribution in [1.29, 1.82) is 0 Å². The number of nitrogens with zero attached hydrogens (tertiary/aromatic N) is 1. The highest BCUT2D eigenvalue weighted by Crippen LogP contribution is 2.32. The van der Waals surface area contributed by atoms with E-state index in [4.69, 9.17) is 9.72 Å². The van der Waals surface area contributed by atoms with Crippen molar-refractivity contribution in [2.45, 2.75) is 26.7 Å². The lowest BCUT2D eigenvalue weighted by molar-refractivity contribution is -0.119. The number of carbonyl (C=O) groups is 1. The minimum Gasteiger partial charge on any atom is -0.493 e. The van der Waals surface area contributed by atoms with Crippen LogP contribution in [-0.4, -0.2) is 24.5 Å². The Morgan fingerprint density at radius 2 is 1.96 bits per heavy atom. The molecule has 0 saturated heterocycles. The Hall–Kier alpha value is -2.88. The summed E-state index contributed by atoms with van der Waals surface area (Å²) in [5, 5.41) is 3.76. The van der Waals surface area contributed by atoms with Gasteiger partial charge in [0.05, 0.1) is 24.2 Å². The molecule has 0 atom stereocenters. The number of aryl methyl sites for hydroxylation is 1. The number of benzene rings is 2. The molecule has 2 aromatic carbocycles. The van der Waals surface area contributed by atoms with E-state index in [0.29, 0.717) is 13.0 Å². The number of pyridine rings is 1. The Morgan fingerprint density at radius 3 is 2.73 bits per heavy atom. The molecule has 0 unspecified atom stereocenters. The number of likely N-dealkylation sites (N-methyl/N-ethyl adjacent to an activating group) is 1. The maximum absolute atomic E-state index is 11.9. The summed E-state index contributed by atoms with van der Waals surface area (Å²) in [7, 11) is 1.65. The van der Waals surface area contributed by atoms with E-state index in [-0.39, 0.29) is 5.91 Å². The number of hydrogen-bond donors (Lipinski definition) is 1. The second-order valence-corrected chi connectivity index (χ2v) is 6.33. The first-order valence-electron chi connectivity index (χ1n) is 8.96. The van der Waals surface area contributed by atoms with E-state index >= 15 is 0 Å². The number of hydrogen-bond acceptors (Lipinski definition) is 3. The Labute approximate surface area is 154 Å². The summed E-state index contributed by atoms with van der Waals surface area (Å²) >= 11 is 0. The first-order chi connectivity index (χ1) is 12.6. The third-order valence-electron chi connectivity index (χ3n) is 4.38. The molecule has 0 fully saturated rings. The van der Waals surface area contributed by atoms with E-state index in [2.05, 4.69) is 25.2 Å². The second kappa shape index (κ2) is 8.00. The van der Waals surface area contributed by atoms with Crippen LogP contribution in [-0.2, 0) is 11.2 Å². The van der Waals surface area contributed by atoms with Gasteiger partial charge >= 0.3 is 0 Å². The summed E-state index contributed by atoms with van der Waals surface area (Å²) in [6, 6.07) is 16.0. The number of nitrogens with one attached hydrogen (secondary N) is 1. The molecule has 1 N–H and O–H groups in total. The standard InChI is InChI=1S/C22H24N2O2/c1-4-12-26-20-11-6-5-9-18(20)19-13-15(2)17-10-7-8-16(22(17)24-19)14-21(25)23-3/h5-11,13H,4,12,14H2,1-3H3,(H,23,25). The normalized spacial score (nSPS) is 10.7. The van der Waals surface area contributed by atoms with Gasteiger partial charge in [0.2, 0.25) is 5.91 Å². The Balaban J connectivity index is 2.14. The predicted molar refractivity (Wildman–Crippen MR) is 105 cm³/mol. The van der Waals surface area contributed by atoms with Gasteiger partial charge in [-0.05, 0) is 42.7 Å². The number of rotatable bonds is 6. The highest BCUT2D eigenvalue weighted by atomic mass is 16.5. The summed E-state index contributed by atoms with van der Waals surface area (Å²) in [6.07, 6.45) is 1.27. The lowest BCUT2D eigenvalue weighted by Crippen LogP contribution is -2.20. The number of carbonyl (C=O) groups excluding carboxylic acids is 1. The average Bonchev–Trinajstić information content (AvgIpc) is 2.67. The summed E-state index contributed by atoms with van der Waals surface area (Å²) in [4.78, 5) is 16.8. The quantitative estimate of drug-likeness (QED) is 0.723. The molecular weight excluding hydrogens is 324 g/mol. The zero-order valence-electron chi connectivity index (χ0n) is 15.5. The lowest BCUT2D eigenvalue weighted by atomic mass is 10.0. The van der Waals surface area contributed by atoms with Crippen LogP contribution < -0.4 is 10.1 Å².